The third-order valence-electron chi connectivity index (χ3n) is 13.4. The van der Waals surface area contributed by atoms with Gasteiger partial charge in [-0.25, -0.2) is 4.39 Å². The number of amides is 5. The number of aliphatic imine (C=N–C) groups is 1. The van der Waals surface area contributed by atoms with Crippen LogP contribution in [0, 0.1) is 11.7 Å². The van der Waals surface area contributed by atoms with Gasteiger partial charge in [0.1, 0.15) is 35.4 Å². The van der Waals surface area contributed by atoms with E-state index in [0.29, 0.717) is 74.7 Å². The van der Waals surface area contributed by atoms with Gasteiger partial charge in [0.2, 0.25) is 29.5 Å². The first-order valence-corrected chi connectivity index (χ1v) is 25.1. The average Bonchev–Trinajstić information content (AvgIpc) is 3.81. The number of nitrogens with two attached hydrogens (primary N) is 3. The number of carbonyl (C=O) groups is 5. The zero-order chi connectivity index (χ0) is 52.6. The van der Waals surface area contributed by atoms with Crippen molar-refractivity contribution in [1.29, 1.82) is 0 Å². The van der Waals surface area contributed by atoms with E-state index < -0.39 is 60.0 Å². The van der Waals surface area contributed by atoms with Crippen molar-refractivity contribution in [2.45, 2.75) is 82.0 Å². The summed E-state index contributed by atoms with van der Waals surface area (Å²) in [5, 5.41) is 14.8. The fraction of sp³-hybridized carbons (Fsp3) is 0.407. The van der Waals surface area contributed by atoms with Crippen molar-refractivity contribution in [2.24, 2.45) is 28.1 Å². The molecule has 12 N–H and O–H groups in total. The van der Waals surface area contributed by atoms with Crippen LogP contribution in [0.1, 0.15) is 56.1 Å². The molecule has 74 heavy (non-hydrogen) atoms. The van der Waals surface area contributed by atoms with E-state index in [1.165, 1.54) is 6.07 Å². The second kappa shape index (κ2) is 26.3. The Labute approximate surface area is 429 Å². The van der Waals surface area contributed by atoms with Gasteiger partial charge in [-0.2, -0.15) is 0 Å². The first kappa shape index (κ1) is 54.1. The highest BCUT2D eigenvalue weighted by Crippen LogP contribution is 2.31. The summed E-state index contributed by atoms with van der Waals surface area (Å²) in [5.41, 5.74) is 21.9. The van der Waals surface area contributed by atoms with E-state index in [4.69, 9.17) is 31.4 Å². The highest BCUT2D eigenvalue weighted by molar-refractivity contribution is 5.98. The van der Waals surface area contributed by atoms with Gasteiger partial charge in [-0.1, -0.05) is 48.9 Å². The summed E-state index contributed by atoms with van der Waals surface area (Å²) >= 11 is 0. The number of anilines is 2. The lowest BCUT2D eigenvalue weighted by Gasteiger charge is -2.29. The zero-order valence-corrected chi connectivity index (χ0v) is 41.9. The van der Waals surface area contributed by atoms with Gasteiger partial charge in [0.25, 0.3) is 0 Å². The van der Waals surface area contributed by atoms with Gasteiger partial charge in [0.05, 0.1) is 39.7 Å². The molecule has 2 heterocycles. The maximum atomic E-state index is 15.2. The number of para-hydroxylation sites is 1. The number of methoxy groups -OCH3 is 2. The second-order valence-electron chi connectivity index (χ2n) is 18.7. The quantitative estimate of drug-likeness (QED) is 0.0257. The van der Waals surface area contributed by atoms with Crippen LogP contribution in [0.4, 0.5) is 15.8 Å². The van der Waals surface area contributed by atoms with Crippen LogP contribution < -0.4 is 58.2 Å². The third kappa shape index (κ3) is 14.9. The number of hydrogen-bond donors (Lipinski definition) is 9. The Kier molecular flexibility index (Phi) is 19.2. The molecule has 0 unspecified atom stereocenters. The van der Waals surface area contributed by atoms with Crippen molar-refractivity contribution in [2.75, 3.05) is 63.8 Å². The molecule has 0 bridgehead atoms. The molecule has 2 aliphatic rings. The average molecular weight is 1020 g/mol. The van der Waals surface area contributed by atoms with Gasteiger partial charge in [0, 0.05) is 72.8 Å². The summed E-state index contributed by atoms with van der Waals surface area (Å²) in [6.07, 6.45) is 5.41. The van der Waals surface area contributed by atoms with Gasteiger partial charge in [-0.3, -0.25) is 29.0 Å². The van der Waals surface area contributed by atoms with Crippen molar-refractivity contribution in [3.05, 3.63) is 108 Å². The molecule has 1 aromatic heterocycles. The molecule has 20 heteroatoms. The number of H-pyrrole nitrogens is 1. The summed E-state index contributed by atoms with van der Waals surface area (Å²) in [4.78, 5) is 79.9. The van der Waals surface area contributed by atoms with Crippen molar-refractivity contribution in [3.8, 4) is 22.6 Å². The number of carbonyl (C=O) groups excluding carboxylic acids is 5. The lowest BCUT2D eigenvalue weighted by molar-refractivity contribution is -0.134. The van der Waals surface area contributed by atoms with Crippen molar-refractivity contribution in [1.82, 2.24) is 26.3 Å². The van der Waals surface area contributed by atoms with Crippen LogP contribution in [0.3, 0.4) is 0 Å². The molecule has 1 aliphatic heterocycles. The Balaban J connectivity index is 1.13. The minimum Gasteiger partial charge on any atom is -0.497 e. The molecule has 5 aromatic rings. The highest BCUT2D eigenvalue weighted by Gasteiger charge is 2.33. The van der Waals surface area contributed by atoms with E-state index >= 15 is 4.39 Å². The predicted octanol–water partition coefficient (Wildman–Crippen LogP) is 3.78. The monoisotopic (exact) mass is 1020 g/mol. The number of aromatic nitrogens is 1. The fourth-order valence-electron chi connectivity index (χ4n) is 9.41. The number of halogens is 1. The molecule has 5 atom stereocenters. The number of aromatic amines is 1. The number of nitrogens with zero attached hydrogens (tertiary/aromatic N) is 2. The van der Waals surface area contributed by atoms with E-state index in [2.05, 4.69) is 36.6 Å². The summed E-state index contributed by atoms with van der Waals surface area (Å²) in [6, 6.07) is 21.1. The molecule has 1 aliphatic carbocycles. The molecule has 7 rings (SSSR count). The Morgan fingerprint density at radius 1 is 0.838 bits per heavy atom. The summed E-state index contributed by atoms with van der Waals surface area (Å²) < 4.78 is 31.6. The summed E-state index contributed by atoms with van der Waals surface area (Å²) in [7, 11) is 3.15. The standard InChI is InChI=1S/C54H68FN11O8/c1-72-39-18-19-43-41(30-39)36(31-60-43)28-46(64-50(68)35-8-7-9-37(56)27-35)53(71)65-45(26-33-13-15-34(16-14-33)40-10-3-4-12-48(40)73-2)52(70)63-44(11-5-6-21-59-54(57)58)51(69)61-32-49(67)62-38-17-20-47(42(55)29-38)66-22-24-74-25-23-66/h3-4,10,12-20,29-31,35,37,44-46,60H,5-9,11,21-28,32,56H2,1-2H3,(H,61,69)(H,62,67)(H,63,70)(H,64,68)(H,65,71)(H4,57,58,59)/t35-,37-,44-,45-,46-/m0/s1. The SMILES string of the molecule is COc1ccc2[nH]cc(C[C@H](NC(=O)[C@H]3CCC[C@H](N)C3)C(=O)N[C@@H](Cc3ccc(-c4ccccc4OC)cc3)C(=O)N[C@@H](CCCCN=C(N)N)C(=O)NCC(=O)Nc3ccc(N4CCOCC4)c(F)c3)c2c1. The fourth-order valence-corrected chi connectivity index (χ4v) is 9.41. The molecular weight excluding hydrogens is 950 g/mol. The van der Waals surface area contributed by atoms with Gasteiger partial charge in [0.15, 0.2) is 5.96 Å². The number of unbranched alkanes of at least 4 members (excludes halogenated alkanes) is 1. The predicted molar refractivity (Wildman–Crippen MR) is 282 cm³/mol. The second-order valence-corrected chi connectivity index (χ2v) is 18.7. The van der Waals surface area contributed by atoms with Crippen molar-refractivity contribution >= 4 is 57.8 Å². The number of ether oxygens (including phenoxy) is 3. The van der Waals surface area contributed by atoms with Crippen LogP contribution in [0.2, 0.25) is 0 Å². The number of guanidine groups is 1. The minimum atomic E-state index is -1.28. The Hall–Kier alpha value is -7.71. The van der Waals surface area contributed by atoms with Gasteiger partial charge < -0.3 is 67.9 Å². The number of morpholine rings is 1. The number of nitrogens with one attached hydrogen (secondary N) is 6. The molecule has 4 aromatic carbocycles. The first-order chi connectivity index (χ1) is 35.8. The maximum absolute atomic E-state index is 15.2. The van der Waals surface area contributed by atoms with Crippen LogP contribution in [-0.4, -0.2) is 118 Å². The maximum Gasteiger partial charge on any atom is 0.243 e. The number of fused-ring (bicyclic) bond motifs is 1. The Morgan fingerprint density at radius 3 is 2.30 bits per heavy atom. The number of rotatable bonds is 23. The smallest absolute Gasteiger partial charge is 0.243 e. The van der Waals surface area contributed by atoms with E-state index in [9.17, 15) is 24.0 Å². The lowest BCUT2D eigenvalue weighted by atomic mass is 9.85. The molecule has 1 saturated heterocycles. The van der Waals surface area contributed by atoms with Gasteiger partial charge >= 0.3 is 0 Å². The van der Waals surface area contributed by atoms with E-state index in [-0.39, 0.29) is 49.4 Å². The Bertz CT molecular complexity index is 2760. The first-order valence-electron chi connectivity index (χ1n) is 25.1. The molecular formula is C54H68FN11O8. The topological polar surface area (TPSA) is 283 Å². The van der Waals surface area contributed by atoms with Gasteiger partial charge in [-0.05, 0) is 97.7 Å². The molecule has 0 radical (unpaired) electrons. The molecule has 0 spiro atoms. The molecule has 2 fully saturated rings. The normalized spacial score (nSPS) is 16.7. The van der Waals surface area contributed by atoms with Crippen LogP contribution in [0.15, 0.2) is 96.1 Å². The van der Waals surface area contributed by atoms with Crippen LogP contribution in [0.25, 0.3) is 22.0 Å². The summed E-state index contributed by atoms with van der Waals surface area (Å²) in [6.45, 7) is 1.78. The minimum absolute atomic E-state index is 0.0195. The van der Waals surface area contributed by atoms with E-state index in [0.717, 1.165) is 40.4 Å². The van der Waals surface area contributed by atoms with Gasteiger partial charge in [-0.15, -0.1) is 0 Å². The molecule has 19 nitrogen and oxygen atoms in total. The number of benzene rings is 4. The van der Waals surface area contributed by atoms with E-state index in [1.54, 1.807) is 32.5 Å². The van der Waals surface area contributed by atoms with Crippen LogP contribution >= 0.6 is 0 Å². The van der Waals surface area contributed by atoms with Crippen LogP contribution in [0.5, 0.6) is 11.5 Å². The summed E-state index contributed by atoms with van der Waals surface area (Å²) in [5.74, 6) is -2.70. The molecule has 5 amide bonds. The van der Waals surface area contributed by atoms with Crippen LogP contribution in [-0.2, 0) is 41.6 Å². The van der Waals surface area contributed by atoms with E-state index in [1.807, 2.05) is 71.6 Å². The van der Waals surface area contributed by atoms with Crippen molar-refractivity contribution in [3.63, 3.8) is 0 Å². The largest absolute Gasteiger partial charge is 0.497 e. The number of hydrogen-bond acceptors (Lipinski definition) is 11. The molecule has 1 saturated carbocycles. The Morgan fingerprint density at radius 2 is 1.58 bits per heavy atom. The zero-order valence-electron chi connectivity index (χ0n) is 41.9. The lowest BCUT2D eigenvalue weighted by Crippen LogP contribution is -2.58. The van der Waals surface area contributed by atoms with Crippen molar-refractivity contribution < 1.29 is 42.6 Å². The highest BCUT2D eigenvalue weighted by atomic mass is 19.1. The molecule has 394 valence electrons. The third-order valence-corrected chi connectivity index (χ3v) is 13.4.